The van der Waals surface area contributed by atoms with E-state index >= 15 is 0 Å². The number of nitrogens with one attached hydrogen (secondary N) is 1. The van der Waals surface area contributed by atoms with Crippen LogP contribution in [0.2, 0.25) is 5.02 Å². The molecule has 0 radical (unpaired) electrons. The SMILES string of the molecule is COc1ccc(OC)c(N2C(=O)C(Cl)=C(Nc3ccc(C(=O)Oc4ccc(Cl)cc4C)cc3)C2=O)c1. The largest absolute Gasteiger partial charge is 0.497 e. The maximum atomic E-state index is 13.2. The molecule has 1 N–H and O–H groups in total. The number of aryl methyl sites for hydroxylation is 1. The Bertz CT molecular complexity index is 1400. The van der Waals surface area contributed by atoms with Crippen molar-refractivity contribution in [1.29, 1.82) is 0 Å². The van der Waals surface area contributed by atoms with Gasteiger partial charge in [-0.1, -0.05) is 23.2 Å². The Hall–Kier alpha value is -4.01. The van der Waals surface area contributed by atoms with Crippen molar-refractivity contribution in [3.05, 3.63) is 87.5 Å². The number of amides is 2. The van der Waals surface area contributed by atoms with Gasteiger partial charge in [0, 0.05) is 16.8 Å². The highest BCUT2D eigenvalue weighted by Crippen LogP contribution is 2.38. The number of anilines is 2. The molecule has 0 aliphatic carbocycles. The summed E-state index contributed by atoms with van der Waals surface area (Å²) in [5, 5.41) is 3.12. The molecule has 0 saturated heterocycles. The van der Waals surface area contributed by atoms with Crippen LogP contribution < -0.4 is 24.4 Å². The van der Waals surface area contributed by atoms with Gasteiger partial charge < -0.3 is 19.5 Å². The Kier molecular flexibility index (Phi) is 7.19. The van der Waals surface area contributed by atoms with Gasteiger partial charge in [0.1, 0.15) is 28.0 Å². The fourth-order valence-corrected chi connectivity index (χ4v) is 3.96. The molecule has 0 fully saturated rings. The van der Waals surface area contributed by atoms with Crippen LogP contribution in [-0.4, -0.2) is 32.0 Å². The minimum Gasteiger partial charge on any atom is -0.497 e. The van der Waals surface area contributed by atoms with E-state index in [1.807, 2.05) is 0 Å². The van der Waals surface area contributed by atoms with E-state index in [4.69, 9.17) is 37.4 Å². The Morgan fingerprint density at radius 3 is 2.19 bits per heavy atom. The first-order chi connectivity index (χ1) is 17.2. The van der Waals surface area contributed by atoms with E-state index in [9.17, 15) is 14.4 Å². The quantitative estimate of drug-likeness (QED) is 0.253. The van der Waals surface area contributed by atoms with Crippen LogP contribution in [0.3, 0.4) is 0 Å². The number of hydrogen-bond acceptors (Lipinski definition) is 7. The van der Waals surface area contributed by atoms with E-state index in [-0.39, 0.29) is 22.0 Å². The van der Waals surface area contributed by atoms with E-state index in [0.29, 0.717) is 28.0 Å². The predicted molar refractivity (Wildman–Crippen MR) is 136 cm³/mol. The van der Waals surface area contributed by atoms with Crippen LogP contribution in [0.4, 0.5) is 11.4 Å². The van der Waals surface area contributed by atoms with Crippen LogP contribution in [0.25, 0.3) is 0 Å². The fourth-order valence-electron chi connectivity index (χ4n) is 3.52. The third kappa shape index (κ3) is 4.86. The first-order valence-electron chi connectivity index (χ1n) is 10.6. The second-order valence-electron chi connectivity index (χ2n) is 7.67. The summed E-state index contributed by atoms with van der Waals surface area (Å²) in [5.74, 6) is -0.825. The third-order valence-electron chi connectivity index (χ3n) is 5.38. The van der Waals surface area contributed by atoms with Crippen LogP contribution in [0.15, 0.2) is 71.4 Å². The molecule has 4 rings (SSSR count). The zero-order valence-electron chi connectivity index (χ0n) is 19.4. The number of methoxy groups -OCH3 is 2. The third-order valence-corrected chi connectivity index (χ3v) is 5.97. The summed E-state index contributed by atoms with van der Waals surface area (Å²) >= 11 is 12.2. The van der Waals surface area contributed by atoms with Crippen LogP contribution in [0.1, 0.15) is 15.9 Å². The van der Waals surface area contributed by atoms with Crippen molar-refractivity contribution in [2.24, 2.45) is 0 Å². The molecular formula is C26H20Cl2N2O6. The zero-order valence-corrected chi connectivity index (χ0v) is 20.9. The second kappa shape index (κ2) is 10.3. The number of ether oxygens (including phenoxy) is 3. The van der Waals surface area contributed by atoms with Gasteiger partial charge in [-0.25, -0.2) is 9.69 Å². The summed E-state index contributed by atoms with van der Waals surface area (Å²) in [4.78, 5) is 39.5. The lowest BCUT2D eigenvalue weighted by Gasteiger charge is -2.19. The lowest BCUT2D eigenvalue weighted by atomic mass is 10.2. The Morgan fingerprint density at radius 2 is 1.56 bits per heavy atom. The first-order valence-corrected chi connectivity index (χ1v) is 11.3. The topological polar surface area (TPSA) is 94.2 Å². The van der Waals surface area contributed by atoms with Gasteiger partial charge in [-0.05, 0) is 67.1 Å². The predicted octanol–water partition coefficient (Wildman–Crippen LogP) is 5.32. The molecule has 0 bridgehead atoms. The molecule has 0 saturated carbocycles. The standard InChI is InChI=1S/C26H20Cl2N2O6/c1-14-12-16(27)6-10-20(14)36-26(33)15-4-7-17(8-5-15)29-23-22(28)24(31)30(25(23)32)19-13-18(34-2)9-11-21(19)35-3/h4-13,29H,1-3H3. The molecule has 1 heterocycles. The molecule has 0 aromatic heterocycles. The Morgan fingerprint density at radius 1 is 0.861 bits per heavy atom. The van der Waals surface area contributed by atoms with Crippen LogP contribution in [0.5, 0.6) is 17.2 Å². The molecule has 8 nitrogen and oxygen atoms in total. The molecule has 184 valence electrons. The van der Waals surface area contributed by atoms with Crippen molar-refractivity contribution < 1.29 is 28.6 Å². The molecule has 0 spiro atoms. The summed E-state index contributed by atoms with van der Waals surface area (Å²) in [6, 6.07) is 15.8. The van der Waals surface area contributed by atoms with Crippen molar-refractivity contribution >= 4 is 52.4 Å². The number of hydrogen-bond donors (Lipinski definition) is 1. The highest BCUT2D eigenvalue weighted by molar-refractivity contribution is 6.53. The van der Waals surface area contributed by atoms with E-state index in [2.05, 4.69) is 5.32 Å². The highest BCUT2D eigenvalue weighted by Gasteiger charge is 2.40. The van der Waals surface area contributed by atoms with Gasteiger partial charge in [0.25, 0.3) is 11.8 Å². The summed E-state index contributed by atoms with van der Waals surface area (Å²) in [7, 11) is 2.89. The molecule has 2 amide bonds. The number of nitrogens with zero attached hydrogens (tertiary/aromatic N) is 1. The van der Waals surface area contributed by atoms with Gasteiger partial charge in [-0.2, -0.15) is 0 Å². The smallest absolute Gasteiger partial charge is 0.343 e. The molecule has 3 aromatic rings. The normalized spacial score (nSPS) is 13.2. The van der Waals surface area contributed by atoms with Gasteiger partial charge in [-0.3, -0.25) is 9.59 Å². The van der Waals surface area contributed by atoms with Crippen LogP contribution in [-0.2, 0) is 9.59 Å². The van der Waals surface area contributed by atoms with Crippen LogP contribution >= 0.6 is 23.2 Å². The first kappa shape index (κ1) is 25.1. The average Bonchev–Trinajstić information content (AvgIpc) is 3.08. The van der Waals surface area contributed by atoms with E-state index < -0.39 is 17.8 Å². The van der Waals surface area contributed by atoms with Gasteiger partial charge >= 0.3 is 5.97 Å². The lowest BCUT2D eigenvalue weighted by Crippen LogP contribution is -2.32. The molecule has 10 heteroatoms. The van der Waals surface area contributed by atoms with E-state index in [1.165, 1.54) is 32.4 Å². The van der Waals surface area contributed by atoms with Gasteiger partial charge in [0.05, 0.1) is 25.5 Å². The molecule has 3 aromatic carbocycles. The van der Waals surface area contributed by atoms with Crippen molar-refractivity contribution in [2.75, 3.05) is 24.4 Å². The maximum Gasteiger partial charge on any atom is 0.343 e. The zero-order chi connectivity index (χ0) is 26.0. The molecule has 1 aliphatic rings. The number of carbonyl (C=O) groups is 3. The second-order valence-corrected chi connectivity index (χ2v) is 8.49. The number of benzene rings is 3. The van der Waals surface area contributed by atoms with Gasteiger partial charge in [0.2, 0.25) is 0 Å². The van der Waals surface area contributed by atoms with Crippen LogP contribution in [0, 0.1) is 6.92 Å². The average molecular weight is 527 g/mol. The minimum atomic E-state index is -0.714. The number of halogens is 2. The highest BCUT2D eigenvalue weighted by atomic mass is 35.5. The summed E-state index contributed by atoms with van der Waals surface area (Å²) in [6.45, 7) is 1.78. The van der Waals surface area contributed by atoms with Crippen molar-refractivity contribution in [3.8, 4) is 17.2 Å². The van der Waals surface area contributed by atoms with Crippen molar-refractivity contribution in [1.82, 2.24) is 0 Å². The van der Waals surface area contributed by atoms with Crippen molar-refractivity contribution in [3.63, 3.8) is 0 Å². The number of esters is 1. The van der Waals surface area contributed by atoms with E-state index in [0.717, 1.165) is 10.5 Å². The molecule has 1 aliphatic heterocycles. The van der Waals surface area contributed by atoms with Gasteiger partial charge in [0.15, 0.2) is 0 Å². The van der Waals surface area contributed by atoms with Crippen molar-refractivity contribution in [2.45, 2.75) is 6.92 Å². The number of imide groups is 1. The molecule has 0 atom stereocenters. The Labute approximate surface area is 217 Å². The minimum absolute atomic E-state index is 0.112. The number of rotatable bonds is 7. The van der Waals surface area contributed by atoms with E-state index in [1.54, 1.807) is 49.4 Å². The molecular weight excluding hydrogens is 507 g/mol. The van der Waals surface area contributed by atoms with Gasteiger partial charge in [-0.15, -0.1) is 0 Å². The fraction of sp³-hybridized carbons (Fsp3) is 0.115. The summed E-state index contributed by atoms with van der Waals surface area (Å²) in [6.07, 6.45) is 0. The molecule has 36 heavy (non-hydrogen) atoms. The Balaban J connectivity index is 1.52. The summed E-state index contributed by atoms with van der Waals surface area (Å²) < 4.78 is 15.9. The molecule has 0 unspecified atom stereocenters. The maximum absolute atomic E-state index is 13.2. The monoisotopic (exact) mass is 526 g/mol. The number of carbonyl (C=O) groups excluding carboxylic acids is 3. The lowest BCUT2D eigenvalue weighted by molar-refractivity contribution is -0.120. The summed E-state index contributed by atoms with van der Waals surface area (Å²) in [5.41, 5.74) is 1.52.